The van der Waals surface area contributed by atoms with Gasteiger partial charge in [-0.25, -0.2) is 18.4 Å². The van der Waals surface area contributed by atoms with Gasteiger partial charge in [0.2, 0.25) is 21.8 Å². The highest BCUT2D eigenvalue weighted by molar-refractivity contribution is 7.91. The molecule has 2 aromatic heterocycles. The second kappa shape index (κ2) is 16.7. The van der Waals surface area contributed by atoms with E-state index in [1.165, 1.54) is 22.3 Å². The molecule has 0 spiro atoms. The highest BCUT2D eigenvalue weighted by Gasteiger charge is 2.62. The lowest BCUT2D eigenvalue weighted by molar-refractivity contribution is -0.141. The predicted molar refractivity (Wildman–Crippen MR) is 238 cm³/mol. The van der Waals surface area contributed by atoms with E-state index in [0.29, 0.717) is 57.5 Å². The van der Waals surface area contributed by atoms with Crippen molar-refractivity contribution in [3.63, 3.8) is 0 Å². The Morgan fingerprint density at radius 1 is 0.935 bits per heavy atom. The molecule has 3 aromatic carbocycles. The molecule has 8 rings (SSSR count). The zero-order valence-corrected chi connectivity index (χ0v) is 36.8. The van der Waals surface area contributed by atoms with Gasteiger partial charge in [-0.3, -0.25) is 19.1 Å². The summed E-state index contributed by atoms with van der Waals surface area (Å²) in [7, 11) is -0.723. The van der Waals surface area contributed by atoms with Crippen LogP contribution in [-0.4, -0.2) is 90.7 Å². The Bertz CT molecular complexity index is 2640. The molecule has 3 aliphatic rings. The number of likely N-dealkylation sites (tertiary alicyclic amines) is 1. The number of pyridine rings is 1. The van der Waals surface area contributed by atoms with Crippen molar-refractivity contribution in [1.82, 2.24) is 24.9 Å². The monoisotopic (exact) mass is 878 g/mol. The highest BCUT2D eigenvalue weighted by Crippen LogP contribution is 2.46. The first-order valence-corrected chi connectivity index (χ1v) is 22.9. The Hall–Kier alpha value is -6.00. The number of hydrogen-bond acceptors (Lipinski definition) is 12. The first-order chi connectivity index (χ1) is 29.6. The standard InChI is InChI=1S/C46H50N6O8S2/c1-7-29-24-46(29,43(55)51-62(56,57)33-17-18-33)50-41(53)38-22-32(60-39-23-35(27-12-9-8-10-13-27)47-36-21-31(59-6)16-19-34(36)39)25-52(38)42(54)40(45(2,3)4)49-44-48-37(26-61-44)28-14-11-15-30(20-28)58-5/h7-16,19-21,23,26,29,32-33,38,40H,1,17-18,22,24-25H2,2-6H3,(H,48,49)(H,50,53)(H,51,55)/t29-,32-,38+,40-,46-/m1/s1. The molecular formula is C46H50N6O8S2. The average Bonchev–Trinajstić information content (AvgIpc) is 4.15. The van der Waals surface area contributed by atoms with Crippen LogP contribution in [0.3, 0.4) is 0 Å². The minimum absolute atomic E-state index is 0.0267. The number of carbonyl (C=O) groups is 3. The number of thiazole rings is 1. The number of nitrogens with one attached hydrogen (secondary N) is 3. The maximum atomic E-state index is 15.1. The third kappa shape index (κ3) is 8.71. The summed E-state index contributed by atoms with van der Waals surface area (Å²) >= 11 is 1.35. The van der Waals surface area contributed by atoms with Crippen molar-refractivity contribution in [1.29, 1.82) is 0 Å². The Balaban J connectivity index is 1.12. The molecule has 62 heavy (non-hydrogen) atoms. The fraction of sp³-hybridized carbons (Fsp3) is 0.370. The number of carbonyl (C=O) groups excluding carboxylic acids is 3. The summed E-state index contributed by atoms with van der Waals surface area (Å²) in [4.78, 5) is 54.7. The highest BCUT2D eigenvalue weighted by atomic mass is 32.2. The zero-order chi connectivity index (χ0) is 44.0. The van der Waals surface area contributed by atoms with Crippen molar-refractivity contribution in [2.45, 2.75) is 75.4 Å². The Morgan fingerprint density at radius 3 is 2.34 bits per heavy atom. The molecule has 2 saturated carbocycles. The quantitative estimate of drug-likeness (QED) is 0.0968. The van der Waals surface area contributed by atoms with E-state index >= 15 is 4.79 Å². The summed E-state index contributed by atoms with van der Waals surface area (Å²) in [5, 5.41) is 8.75. The van der Waals surface area contributed by atoms with E-state index in [2.05, 4.69) is 21.9 Å². The smallest absolute Gasteiger partial charge is 0.259 e. The molecule has 0 bridgehead atoms. The first-order valence-electron chi connectivity index (χ1n) is 20.5. The van der Waals surface area contributed by atoms with E-state index in [1.807, 2.05) is 105 Å². The van der Waals surface area contributed by atoms with Crippen molar-refractivity contribution < 1.29 is 37.0 Å². The summed E-state index contributed by atoms with van der Waals surface area (Å²) in [6.45, 7) is 9.65. The molecule has 0 unspecified atom stereocenters. The maximum Gasteiger partial charge on any atom is 0.259 e. The first kappa shape index (κ1) is 42.7. The van der Waals surface area contributed by atoms with E-state index in [-0.39, 0.29) is 25.3 Å². The molecule has 1 aliphatic heterocycles. The minimum Gasteiger partial charge on any atom is -0.497 e. The molecule has 3 amide bonds. The lowest BCUT2D eigenvalue weighted by Gasteiger charge is -2.35. The molecule has 3 N–H and O–H groups in total. The van der Waals surface area contributed by atoms with Crippen LogP contribution < -0.4 is 29.6 Å². The van der Waals surface area contributed by atoms with E-state index in [9.17, 15) is 18.0 Å². The number of benzene rings is 3. The van der Waals surface area contributed by atoms with Gasteiger partial charge in [-0.05, 0) is 48.9 Å². The third-order valence-electron chi connectivity index (χ3n) is 11.7. The second-order valence-corrected chi connectivity index (χ2v) is 20.0. The van der Waals surface area contributed by atoms with Crippen LogP contribution in [0.15, 0.2) is 96.9 Å². The van der Waals surface area contributed by atoms with Gasteiger partial charge in [0.15, 0.2) is 5.13 Å². The van der Waals surface area contributed by atoms with Crippen LogP contribution in [0.1, 0.15) is 46.5 Å². The van der Waals surface area contributed by atoms with Crippen molar-refractivity contribution >= 4 is 55.1 Å². The summed E-state index contributed by atoms with van der Waals surface area (Å²) < 4.78 is 45.7. The Morgan fingerprint density at radius 2 is 1.66 bits per heavy atom. The fourth-order valence-electron chi connectivity index (χ4n) is 7.92. The van der Waals surface area contributed by atoms with E-state index in [0.717, 1.165) is 11.1 Å². The van der Waals surface area contributed by atoms with Gasteiger partial charge in [-0.1, -0.05) is 69.3 Å². The number of nitrogens with zero attached hydrogens (tertiary/aromatic N) is 3. The van der Waals surface area contributed by atoms with Gasteiger partial charge in [-0.15, -0.1) is 17.9 Å². The largest absolute Gasteiger partial charge is 0.497 e. The van der Waals surface area contributed by atoms with Crippen LogP contribution in [0.2, 0.25) is 0 Å². The lowest BCUT2D eigenvalue weighted by atomic mass is 9.85. The van der Waals surface area contributed by atoms with Crippen molar-refractivity contribution in [2.24, 2.45) is 11.3 Å². The molecule has 1 saturated heterocycles. The number of ether oxygens (including phenoxy) is 3. The van der Waals surface area contributed by atoms with Crippen molar-refractivity contribution in [2.75, 3.05) is 26.1 Å². The molecule has 2 aliphatic carbocycles. The lowest BCUT2D eigenvalue weighted by Crippen LogP contribution is -2.58. The van der Waals surface area contributed by atoms with Gasteiger partial charge in [0.1, 0.15) is 41.0 Å². The number of rotatable bonds is 15. The molecular weight excluding hydrogens is 829 g/mol. The van der Waals surface area contributed by atoms with Crippen molar-refractivity contribution in [3.8, 4) is 39.8 Å². The molecule has 324 valence electrons. The molecule has 5 atom stereocenters. The maximum absolute atomic E-state index is 15.1. The summed E-state index contributed by atoms with van der Waals surface area (Å²) in [6.07, 6.45) is 2.02. The van der Waals surface area contributed by atoms with Gasteiger partial charge in [-0.2, -0.15) is 0 Å². The number of methoxy groups -OCH3 is 2. The summed E-state index contributed by atoms with van der Waals surface area (Å²) in [5.74, 6) is -0.498. The number of hydrogen-bond donors (Lipinski definition) is 3. The van der Waals surface area contributed by atoms with Crippen LogP contribution in [0.4, 0.5) is 5.13 Å². The van der Waals surface area contributed by atoms with Gasteiger partial charge in [0, 0.05) is 46.4 Å². The minimum atomic E-state index is -3.91. The predicted octanol–water partition coefficient (Wildman–Crippen LogP) is 6.59. The van der Waals surface area contributed by atoms with Crippen LogP contribution in [-0.2, 0) is 24.4 Å². The van der Waals surface area contributed by atoms with Crippen LogP contribution in [0.25, 0.3) is 33.4 Å². The SMILES string of the molecule is C=C[C@@H]1C[C@]1(NC(=O)[C@@H]1C[C@@H](Oc2cc(-c3ccccc3)nc3cc(OC)ccc23)CN1C(=O)[C@@H](Nc1nc(-c2cccc(OC)c2)cs1)C(C)(C)C)C(=O)NS(=O)(=O)C1CC1. The fourth-order valence-corrected chi connectivity index (χ4v) is 10.0. The second-order valence-electron chi connectivity index (χ2n) is 17.1. The molecule has 5 aromatic rings. The molecule has 0 radical (unpaired) electrons. The van der Waals surface area contributed by atoms with Gasteiger partial charge in [0.25, 0.3) is 5.91 Å². The Kier molecular flexibility index (Phi) is 11.5. The third-order valence-corrected chi connectivity index (χ3v) is 14.3. The average molecular weight is 879 g/mol. The number of sulfonamides is 1. The normalized spacial score (nSPS) is 21.4. The summed E-state index contributed by atoms with van der Waals surface area (Å²) in [5.41, 5.74) is 1.50. The molecule has 3 heterocycles. The molecule has 16 heteroatoms. The van der Waals surface area contributed by atoms with E-state index < -0.39 is 62.1 Å². The molecule has 3 fully saturated rings. The van der Waals surface area contributed by atoms with Crippen molar-refractivity contribution in [3.05, 3.63) is 96.9 Å². The number of amides is 3. The van der Waals surface area contributed by atoms with Crippen LogP contribution >= 0.6 is 11.3 Å². The van der Waals surface area contributed by atoms with Gasteiger partial charge < -0.3 is 29.7 Å². The van der Waals surface area contributed by atoms with Crippen LogP contribution in [0.5, 0.6) is 17.2 Å². The molecule has 14 nitrogen and oxygen atoms in total. The van der Waals surface area contributed by atoms with E-state index in [1.54, 1.807) is 14.2 Å². The Labute approximate surface area is 365 Å². The van der Waals surface area contributed by atoms with Crippen LogP contribution in [0, 0.1) is 11.3 Å². The summed E-state index contributed by atoms with van der Waals surface area (Å²) in [6, 6.07) is 22.6. The van der Waals surface area contributed by atoms with E-state index in [4.69, 9.17) is 24.2 Å². The number of anilines is 1. The zero-order valence-electron chi connectivity index (χ0n) is 35.2. The number of aromatic nitrogens is 2. The van der Waals surface area contributed by atoms with Gasteiger partial charge >= 0.3 is 0 Å². The topological polar surface area (TPSA) is 178 Å². The number of fused-ring (bicyclic) bond motifs is 1. The van der Waals surface area contributed by atoms with Gasteiger partial charge in [0.05, 0.1) is 42.9 Å².